The van der Waals surface area contributed by atoms with E-state index in [1.165, 1.54) is 4.88 Å². The zero-order valence-corrected chi connectivity index (χ0v) is 11.9. The van der Waals surface area contributed by atoms with E-state index in [0.29, 0.717) is 22.8 Å². The summed E-state index contributed by atoms with van der Waals surface area (Å²) in [4.78, 5) is 14.4. The molecule has 0 atom stereocenters. The summed E-state index contributed by atoms with van der Waals surface area (Å²) in [6, 6.07) is 8.97. The number of anilines is 1. The zero-order valence-electron chi connectivity index (χ0n) is 10.4. The summed E-state index contributed by atoms with van der Waals surface area (Å²) in [5.41, 5.74) is 3.47. The van der Waals surface area contributed by atoms with Crippen LogP contribution in [0.25, 0.3) is 0 Å². The Balaban J connectivity index is 2.09. The van der Waals surface area contributed by atoms with Crippen molar-refractivity contribution in [3.8, 4) is 0 Å². The molecular formula is C13H14ClN3OS. The number of carbonyl (C=O) groups excluding carboxylic acids is 1. The normalized spacial score (nSPS) is 10.3. The first kappa shape index (κ1) is 13.9. The molecule has 0 radical (unpaired) electrons. The van der Waals surface area contributed by atoms with Crippen LogP contribution in [0.15, 0.2) is 30.3 Å². The minimum absolute atomic E-state index is 0.207. The molecule has 0 fully saturated rings. The zero-order chi connectivity index (χ0) is 13.8. The Morgan fingerprint density at radius 1 is 1.37 bits per heavy atom. The van der Waals surface area contributed by atoms with Gasteiger partial charge in [-0.1, -0.05) is 11.6 Å². The largest absolute Gasteiger partial charge is 0.347 e. The molecule has 19 heavy (non-hydrogen) atoms. The topological polar surface area (TPSA) is 67.2 Å². The summed E-state index contributed by atoms with van der Waals surface area (Å²) in [7, 11) is 0. The molecule has 100 valence electrons. The van der Waals surface area contributed by atoms with Crippen molar-refractivity contribution >= 4 is 34.5 Å². The Labute approximate surface area is 120 Å². The highest BCUT2D eigenvalue weighted by Gasteiger charge is 2.11. The fourth-order valence-corrected chi connectivity index (χ4v) is 2.68. The average Bonchev–Trinajstić information content (AvgIpc) is 2.81. The lowest BCUT2D eigenvalue weighted by Gasteiger charge is -2.09. The second-order valence-corrected chi connectivity index (χ2v) is 5.84. The van der Waals surface area contributed by atoms with Gasteiger partial charge < -0.3 is 10.7 Å². The van der Waals surface area contributed by atoms with Crippen LogP contribution < -0.4 is 16.6 Å². The summed E-state index contributed by atoms with van der Waals surface area (Å²) in [5, 5.41) is 3.34. The van der Waals surface area contributed by atoms with Crippen LogP contribution in [0, 0.1) is 6.92 Å². The molecule has 1 heterocycles. The summed E-state index contributed by atoms with van der Waals surface area (Å²) in [6.45, 7) is 2.53. The SMILES string of the molecule is Cc1ccc(CNC(=O)c2cc(Cl)ccc2NN)s1. The monoisotopic (exact) mass is 295 g/mol. The van der Waals surface area contributed by atoms with E-state index in [1.807, 2.05) is 19.1 Å². The Hall–Kier alpha value is -1.56. The van der Waals surface area contributed by atoms with E-state index in [-0.39, 0.29) is 5.91 Å². The maximum absolute atomic E-state index is 12.1. The van der Waals surface area contributed by atoms with Crippen LogP contribution in [0.4, 0.5) is 5.69 Å². The molecule has 2 aromatic rings. The molecule has 1 aromatic carbocycles. The van der Waals surface area contributed by atoms with Gasteiger partial charge in [0.05, 0.1) is 17.8 Å². The molecule has 1 amide bonds. The molecule has 0 aliphatic carbocycles. The summed E-state index contributed by atoms with van der Waals surface area (Å²) < 4.78 is 0. The molecule has 0 saturated carbocycles. The summed E-state index contributed by atoms with van der Waals surface area (Å²) in [5.74, 6) is 5.17. The molecule has 0 spiro atoms. The fraction of sp³-hybridized carbons (Fsp3) is 0.154. The van der Waals surface area contributed by atoms with Crippen LogP contribution >= 0.6 is 22.9 Å². The van der Waals surface area contributed by atoms with Crippen molar-refractivity contribution in [1.82, 2.24) is 5.32 Å². The number of hydrogen-bond acceptors (Lipinski definition) is 4. The Morgan fingerprint density at radius 3 is 2.79 bits per heavy atom. The van der Waals surface area contributed by atoms with Crippen molar-refractivity contribution in [2.45, 2.75) is 13.5 Å². The van der Waals surface area contributed by atoms with Gasteiger partial charge in [0, 0.05) is 14.8 Å². The van der Waals surface area contributed by atoms with Crippen LogP contribution in [0.2, 0.25) is 5.02 Å². The maximum atomic E-state index is 12.1. The highest BCUT2D eigenvalue weighted by Crippen LogP contribution is 2.20. The van der Waals surface area contributed by atoms with E-state index in [4.69, 9.17) is 17.4 Å². The van der Waals surface area contributed by atoms with Gasteiger partial charge in [0.15, 0.2) is 0 Å². The van der Waals surface area contributed by atoms with Crippen molar-refractivity contribution in [3.05, 3.63) is 50.7 Å². The smallest absolute Gasteiger partial charge is 0.253 e. The van der Waals surface area contributed by atoms with Gasteiger partial charge >= 0.3 is 0 Å². The quantitative estimate of drug-likeness (QED) is 0.600. The Morgan fingerprint density at radius 2 is 2.16 bits per heavy atom. The van der Waals surface area contributed by atoms with E-state index in [1.54, 1.807) is 29.5 Å². The maximum Gasteiger partial charge on any atom is 0.253 e. The van der Waals surface area contributed by atoms with Crippen LogP contribution in [0.3, 0.4) is 0 Å². The molecule has 2 rings (SSSR count). The van der Waals surface area contributed by atoms with Crippen molar-refractivity contribution in [2.24, 2.45) is 5.84 Å². The number of aryl methyl sites for hydroxylation is 1. The van der Waals surface area contributed by atoms with Gasteiger partial charge in [-0.25, -0.2) is 0 Å². The third kappa shape index (κ3) is 3.47. The van der Waals surface area contributed by atoms with Gasteiger partial charge in [-0.2, -0.15) is 0 Å². The van der Waals surface area contributed by atoms with E-state index in [9.17, 15) is 4.79 Å². The van der Waals surface area contributed by atoms with Gasteiger partial charge in [-0.05, 0) is 37.3 Å². The van der Waals surface area contributed by atoms with Gasteiger partial charge in [-0.15, -0.1) is 11.3 Å². The molecule has 0 aliphatic rings. The van der Waals surface area contributed by atoms with Crippen LogP contribution in [0.1, 0.15) is 20.1 Å². The van der Waals surface area contributed by atoms with Gasteiger partial charge in [0.2, 0.25) is 0 Å². The number of hydrazine groups is 1. The molecule has 6 heteroatoms. The summed E-state index contributed by atoms with van der Waals surface area (Å²) in [6.07, 6.45) is 0. The molecular weight excluding hydrogens is 282 g/mol. The molecule has 0 bridgehead atoms. The lowest BCUT2D eigenvalue weighted by Crippen LogP contribution is -2.24. The predicted octanol–water partition coefficient (Wildman–Crippen LogP) is 2.93. The lowest BCUT2D eigenvalue weighted by atomic mass is 10.1. The fourth-order valence-electron chi connectivity index (χ4n) is 1.67. The minimum atomic E-state index is -0.207. The standard InChI is InChI=1S/C13H14ClN3OS/c1-8-2-4-10(19-8)7-16-13(18)11-6-9(14)3-5-12(11)17-15/h2-6,17H,7,15H2,1H3,(H,16,18). The minimum Gasteiger partial charge on any atom is -0.347 e. The average molecular weight is 296 g/mol. The first-order valence-electron chi connectivity index (χ1n) is 5.70. The number of rotatable bonds is 4. The second-order valence-electron chi connectivity index (χ2n) is 4.03. The predicted molar refractivity (Wildman–Crippen MR) is 79.5 cm³/mol. The number of hydrogen-bond donors (Lipinski definition) is 3. The number of benzene rings is 1. The number of nitrogens with one attached hydrogen (secondary N) is 2. The van der Waals surface area contributed by atoms with Crippen molar-refractivity contribution in [2.75, 3.05) is 5.43 Å². The first-order valence-corrected chi connectivity index (χ1v) is 6.89. The van der Waals surface area contributed by atoms with Crippen LogP contribution in [0.5, 0.6) is 0 Å². The molecule has 1 aromatic heterocycles. The van der Waals surface area contributed by atoms with E-state index in [2.05, 4.69) is 10.7 Å². The Bertz CT molecular complexity index is 597. The highest BCUT2D eigenvalue weighted by molar-refractivity contribution is 7.11. The first-order chi connectivity index (χ1) is 9.10. The third-order valence-corrected chi connectivity index (χ3v) is 3.84. The number of amides is 1. The van der Waals surface area contributed by atoms with Crippen molar-refractivity contribution < 1.29 is 4.79 Å². The van der Waals surface area contributed by atoms with E-state index in [0.717, 1.165) is 4.88 Å². The van der Waals surface area contributed by atoms with E-state index < -0.39 is 0 Å². The van der Waals surface area contributed by atoms with Gasteiger partial charge in [0.1, 0.15) is 0 Å². The molecule has 0 saturated heterocycles. The van der Waals surface area contributed by atoms with Crippen LogP contribution in [-0.4, -0.2) is 5.91 Å². The number of halogens is 1. The number of thiophene rings is 1. The molecule has 4 nitrogen and oxygen atoms in total. The number of nitrogens with two attached hydrogens (primary N) is 1. The van der Waals surface area contributed by atoms with E-state index >= 15 is 0 Å². The number of nitrogen functional groups attached to an aromatic ring is 1. The van der Waals surface area contributed by atoms with Crippen molar-refractivity contribution in [1.29, 1.82) is 0 Å². The highest BCUT2D eigenvalue weighted by atomic mass is 35.5. The summed E-state index contributed by atoms with van der Waals surface area (Å²) >= 11 is 7.55. The number of carbonyl (C=O) groups is 1. The lowest BCUT2D eigenvalue weighted by molar-refractivity contribution is 0.0952. The molecule has 0 unspecified atom stereocenters. The Kier molecular flexibility index (Phi) is 4.42. The van der Waals surface area contributed by atoms with Crippen molar-refractivity contribution in [3.63, 3.8) is 0 Å². The third-order valence-electron chi connectivity index (χ3n) is 2.60. The molecule has 0 aliphatic heterocycles. The molecule has 4 N–H and O–H groups in total. The second kappa shape index (κ2) is 6.06. The van der Waals surface area contributed by atoms with Crippen LogP contribution in [-0.2, 0) is 6.54 Å². The van der Waals surface area contributed by atoms with Gasteiger partial charge in [-0.3, -0.25) is 10.6 Å². The van der Waals surface area contributed by atoms with Gasteiger partial charge in [0.25, 0.3) is 5.91 Å².